The van der Waals surface area contributed by atoms with Gasteiger partial charge in [0, 0.05) is 70.9 Å². The van der Waals surface area contributed by atoms with Crippen molar-refractivity contribution in [2.75, 3.05) is 42.9 Å². The van der Waals surface area contributed by atoms with Crippen LogP contribution < -0.4 is 20.0 Å². The summed E-state index contributed by atoms with van der Waals surface area (Å²) in [6.07, 6.45) is -4.20. The van der Waals surface area contributed by atoms with Gasteiger partial charge in [-0.05, 0) is 105 Å². The van der Waals surface area contributed by atoms with Crippen molar-refractivity contribution in [3.8, 4) is 0 Å². The monoisotopic (exact) mass is 1180 g/mol. The van der Waals surface area contributed by atoms with Gasteiger partial charge in [-0.1, -0.05) is 84.9 Å². The predicted molar refractivity (Wildman–Crippen MR) is 304 cm³/mol. The first kappa shape index (κ1) is 64.7. The second-order valence-corrected chi connectivity index (χ2v) is 20.6. The summed E-state index contributed by atoms with van der Waals surface area (Å²) in [5, 5.41) is 11.5. The van der Waals surface area contributed by atoms with Crippen LogP contribution in [0.5, 0.6) is 0 Å². The van der Waals surface area contributed by atoms with Crippen LogP contribution in [0.1, 0.15) is 84.9 Å². The van der Waals surface area contributed by atoms with Crippen LogP contribution in [0.25, 0.3) is 0 Å². The maximum atomic E-state index is 13.2. The fourth-order valence-electron chi connectivity index (χ4n) is 9.50. The maximum Gasteiger partial charge on any atom is 0.417 e. The number of aliphatic carboxylic acids is 1. The van der Waals surface area contributed by atoms with Gasteiger partial charge in [0.15, 0.2) is 0 Å². The lowest BCUT2D eigenvalue weighted by Gasteiger charge is -2.28. The zero-order chi connectivity index (χ0) is 62.3. The Morgan fingerprint density at radius 2 is 1.04 bits per heavy atom. The molecule has 5 heterocycles. The Hall–Kier alpha value is -9.48. The van der Waals surface area contributed by atoms with Gasteiger partial charge >= 0.3 is 24.3 Å². The number of carboxylic acid groups (broad SMARTS) is 1. The largest absolute Gasteiger partial charge is 0.480 e. The molecule has 85 heavy (non-hydrogen) atoms. The number of halogens is 3. The highest BCUT2D eigenvalue weighted by molar-refractivity contribution is 6.08. The van der Waals surface area contributed by atoms with Gasteiger partial charge in [0.05, 0.1) is 5.56 Å². The summed E-state index contributed by atoms with van der Waals surface area (Å²) in [5.74, 6) is -3.36. The first-order valence-electron chi connectivity index (χ1n) is 27.1. The van der Waals surface area contributed by atoms with Gasteiger partial charge in [0.1, 0.15) is 43.2 Å². The number of hydrogen-bond acceptors (Lipinski definition) is 13. The number of alkyl halides is 3. The van der Waals surface area contributed by atoms with E-state index in [0.717, 1.165) is 49.9 Å². The molecule has 0 bridgehead atoms. The summed E-state index contributed by atoms with van der Waals surface area (Å²) < 4.78 is 49.7. The number of benzene rings is 4. The molecule has 1 aromatic heterocycles. The first-order chi connectivity index (χ1) is 40.2. The highest BCUT2D eigenvalue weighted by Crippen LogP contribution is 2.35. The Balaban J connectivity index is 0.000000190. The van der Waals surface area contributed by atoms with E-state index in [1.165, 1.54) is 21.6 Å². The van der Waals surface area contributed by atoms with E-state index in [1.54, 1.807) is 58.5 Å². The molecule has 450 valence electrons. The summed E-state index contributed by atoms with van der Waals surface area (Å²) >= 11 is 0. The van der Waals surface area contributed by atoms with Crippen LogP contribution in [0.15, 0.2) is 121 Å². The first-order valence-corrected chi connectivity index (χ1v) is 27.1. The Morgan fingerprint density at radius 3 is 1.48 bits per heavy atom. The smallest absolute Gasteiger partial charge is 0.417 e. The molecule has 4 atom stereocenters. The number of carbonyl (C=O) groups excluding carboxylic acids is 9. The quantitative estimate of drug-likeness (QED) is 0.127. The second kappa shape index (κ2) is 29.2. The maximum absolute atomic E-state index is 13.2. The zero-order valence-electron chi connectivity index (χ0n) is 48.0. The molecule has 0 radical (unpaired) electrons. The van der Waals surface area contributed by atoms with Gasteiger partial charge < -0.3 is 34.6 Å². The van der Waals surface area contributed by atoms with E-state index in [4.69, 9.17) is 14.6 Å². The highest BCUT2D eigenvalue weighted by atomic mass is 19.4. The molecule has 0 saturated carbocycles. The average Bonchev–Trinajstić information content (AvgIpc) is 4.28. The van der Waals surface area contributed by atoms with Crippen molar-refractivity contribution in [3.05, 3.63) is 155 Å². The number of hydrogen-bond donors (Lipinski definition) is 2. The molecule has 9 rings (SSSR count). The van der Waals surface area contributed by atoms with E-state index in [9.17, 15) is 61.1 Å². The van der Waals surface area contributed by atoms with E-state index >= 15 is 0 Å². The number of carboxylic acids is 1. The number of nitrogens with one attached hydrogen (secondary N) is 1. The van der Waals surface area contributed by atoms with Crippen LogP contribution in [0.2, 0.25) is 0 Å². The lowest BCUT2D eigenvalue weighted by Crippen LogP contribution is -2.48. The van der Waals surface area contributed by atoms with Gasteiger partial charge in [-0.15, -0.1) is 0 Å². The summed E-state index contributed by atoms with van der Waals surface area (Å²) in [4.78, 5) is 130. The number of aryl methyl sites for hydroxylation is 3. The van der Waals surface area contributed by atoms with Gasteiger partial charge in [-0.25, -0.2) is 29.2 Å². The lowest BCUT2D eigenvalue weighted by atomic mass is 10.1. The summed E-state index contributed by atoms with van der Waals surface area (Å²) in [6.45, 7) is 5.32. The zero-order valence-corrected chi connectivity index (χ0v) is 48.0. The molecule has 5 aromatic rings. The molecule has 0 aliphatic carbocycles. The minimum absolute atomic E-state index is 0.00971. The average molecular weight is 1180 g/mol. The number of likely N-dealkylation sites (N-methyl/N-ethyl adjacent to an activating group) is 3. The van der Waals surface area contributed by atoms with E-state index in [0.29, 0.717) is 29.8 Å². The van der Waals surface area contributed by atoms with Crippen LogP contribution in [-0.2, 0) is 67.2 Å². The Labute approximate surface area is 489 Å². The molecule has 0 spiro atoms. The summed E-state index contributed by atoms with van der Waals surface area (Å²) in [5.41, 5.74) is 4.18. The van der Waals surface area contributed by atoms with Gasteiger partial charge in [-0.2, -0.15) is 13.2 Å². The SMILES string of the molecule is CN(C)C(=O)[C@@H]1CCC(=O)N1.Cc1cccc(N(C)C(=O)[C@@H]2CCC(=O)N2C(=O)OCc2ccccc2)c1.Cc1cccc(N(C)C(=O)[C@@H]2CCC(=O)N2c2cc(C(F)(F)F)cc(C)n2)c1.O=C(O)[C@@H]1CCC(=O)N1C(=O)OCc1ccccc1. The number of pyridine rings is 1. The van der Waals surface area contributed by atoms with E-state index in [2.05, 4.69) is 10.3 Å². The standard InChI is InChI=1S/C21H22N2O4.C20H20F3N3O2.C13H13NO5.C7H12N2O2/c1-15-7-6-10-17(13-15)22(2)20(25)18-11-12-19(24)23(18)21(26)27-14-16-8-4-3-5-9-16;1-12-5-4-6-15(9-12)25(3)19(28)16-7-8-18(27)26(16)17-11-14(20(21,22)23)10-13(2)24-17;15-11-7-6-10(12(16)17)14(11)13(18)19-8-9-4-2-1-3-5-9;1-9(2)7(11)5-3-4-6(10)8-5/h3-10,13,18H,11-12,14H2,1-2H3;4-6,9-11,16H,7-8H2,1-3H3;1-5,10H,6-8H2,(H,16,17);5H,3-4H2,1-2H3,(H,8,10)/t18-;16-;10-;5-/m0000/s1. The number of amides is 9. The Morgan fingerprint density at radius 1 is 0.576 bits per heavy atom. The van der Waals surface area contributed by atoms with Crippen molar-refractivity contribution in [3.63, 3.8) is 0 Å². The number of nitrogens with zero attached hydrogens (tertiary/aromatic N) is 7. The molecule has 24 heteroatoms. The number of carbonyl (C=O) groups is 10. The molecule has 4 aliphatic rings. The van der Waals surface area contributed by atoms with Crippen LogP contribution in [0.4, 0.5) is 40.0 Å². The molecule has 4 fully saturated rings. The number of anilines is 3. The number of imide groups is 2. The van der Waals surface area contributed by atoms with Crippen molar-refractivity contribution < 1.29 is 75.7 Å². The van der Waals surface area contributed by atoms with E-state index in [-0.39, 0.29) is 92.4 Å². The molecule has 4 aromatic carbocycles. The fourth-order valence-corrected chi connectivity index (χ4v) is 9.50. The minimum atomic E-state index is -4.57. The second-order valence-electron chi connectivity index (χ2n) is 20.6. The van der Waals surface area contributed by atoms with Crippen molar-refractivity contribution in [2.24, 2.45) is 0 Å². The van der Waals surface area contributed by atoms with Crippen LogP contribution in [-0.4, -0.2) is 137 Å². The molecule has 4 saturated heterocycles. The van der Waals surface area contributed by atoms with Crippen molar-refractivity contribution in [1.82, 2.24) is 25.0 Å². The van der Waals surface area contributed by atoms with Crippen LogP contribution in [0.3, 0.4) is 0 Å². The van der Waals surface area contributed by atoms with Gasteiger partial charge in [0.25, 0.3) is 0 Å². The van der Waals surface area contributed by atoms with Crippen LogP contribution >= 0.6 is 0 Å². The number of rotatable bonds is 11. The van der Waals surface area contributed by atoms with Gasteiger partial charge in [-0.3, -0.25) is 38.5 Å². The number of ether oxygens (including phenoxy) is 2. The topological polar surface area (TPSA) is 254 Å². The predicted octanol–water partition coefficient (Wildman–Crippen LogP) is 7.91. The number of likely N-dealkylation sites (tertiary alicyclic amines) is 2. The molecule has 0 unspecified atom stereocenters. The van der Waals surface area contributed by atoms with Crippen molar-refractivity contribution in [2.45, 2.75) is 116 Å². The Bertz CT molecular complexity index is 3270. The molecule has 2 N–H and O–H groups in total. The van der Waals surface area contributed by atoms with Crippen LogP contribution in [0, 0.1) is 20.8 Å². The van der Waals surface area contributed by atoms with E-state index in [1.807, 2.05) is 92.7 Å². The summed E-state index contributed by atoms with van der Waals surface area (Å²) in [7, 11) is 6.61. The normalized spacial score (nSPS) is 17.9. The molecular formula is C61H67F3N8O13. The lowest BCUT2D eigenvalue weighted by molar-refractivity contribution is -0.145. The van der Waals surface area contributed by atoms with E-state index < -0.39 is 59.8 Å². The fraction of sp³-hybridized carbons (Fsp3) is 0.361. The van der Waals surface area contributed by atoms with Crippen molar-refractivity contribution >= 4 is 76.7 Å². The number of aromatic nitrogens is 1. The molecular weight excluding hydrogens is 1110 g/mol. The third kappa shape index (κ3) is 17.3. The Kier molecular flexibility index (Phi) is 22.2. The highest BCUT2D eigenvalue weighted by Gasteiger charge is 2.44. The molecule has 9 amide bonds. The summed E-state index contributed by atoms with van der Waals surface area (Å²) in [6, 6.07) is 31.6. The third-order valence-electron chi connectivity index (χ3n) is 14.0. The van der Waals surface area contributed by atoms with Gasteiger partial charge in [0.2, 0.25) is 41.4 Å². The molecule has 4 aliphatic heterocycles. The third-order valence-corrected chi connectivity index (χ3v) is 14.0. The van der Waals surface area contributed by atoms with Crippen molar-refractivity contribution in [1.29, 1.82) is 0 Å². The molecule has 21 nitrogen and oxygen atoms in total. The minimum Gasteiger partial charge on any atom is -0.480 e.